The highest BCUT2D eigenvalue weighted by Gasteiger charge is 2.38. The molecule has 6 heteroatoms. The first-order chi connectivity index (χ1) is 14.3. The van der Waals surface area contributed by atoms with E-state index in [1.165, 1.54) is 0 Å². The molecule has 3 rings (SSSR count). The van der Waals surface area contributed by atoms with Gasteiger partial charge in [0.05, 0.1) is 6.10 Å². The number of rotatable bonds is 8. The zero-order valence-corrected chi connectivity index (χ0v) is 20.2. The van der Waals surface area contributed by atoms with Crippen molar-refractivity contribution in [2.45, 2.75) is 25.7 Å². The first-order valence-electron chi connectivity index (χ1n) is 9.93. The topological polar surface area (TPSA) is 41.6 Å². The lowest BCUT2D eigenvalue weighted by molar-refractivity contribution is 0.245. The number of anilines is 2. The Morgan fingerprint density at radius 2 is 1.50 bits per heavy atom. The summed E-state index contributed by atoms with van der Waals surface area (Å²) < 4.78 is 21.8. The van der Waals surface area contributed by atoms with Crippen molar-refractivity contribution < 1.29 is 9.09 Å². The third-order valence-electron chi connectivity index (χ3n) is 4.70. The van der Waals surface area contributed by atoms with Crippen LogP contribution in [-0.2, 0) is 9.09 Å². The van der Waals surface area contributed by atoms with Crippen molar-refractivity contribution in [1.29, 1.82) is 0 Å². The van der Waals surface area contributed by atoms with Gasteiger partial charge in [-0.25, -0.2) is 0 Å². The van der Waals surface area contributed by atoms with Crippen molar-refractivity contribution in [3.05, 3.63) is 88.9 Å². The summed E-state index contributed by atoms with van der Waals surface area (Å²) in [5, 5.41) is 4.18. The molecule has 3 aromatic carbocycles. The van der Waals surface area contributed by atoms with Gasteiger partial charge in [-0.05, 0) is 67.9 Å². The summed E-state index contributed by atoms with van der Waals surface area (Å²) in [5.74, 6) is -0.527. The molecule has 0 heterocycles. The molecular weight excluding hydrogens is 459 g/mol. The summed E-state index contributed by atoms with van der Waals surface area (Å²) in [6, 6.07) is 25.5. The summed E-state index contributed by atoms with van der Waals surface area (Å²) in [5.41, 5.74) is 2.84. The van der Waals surface area contributed by atoms with Crippen molar-refractivity contribution in [3.8, 4) is 0 Å². The molecule has 1 N–H and O–H groups in total. The smallest absolute Gasteiger partial charge is 0.258 e. The van der Waals surface area contributed by atoms with Crippen LogP contribution in [-0.4, -0.2) is 20.2 Å². The quantitative estimate of drug-likeness (QED) is 0.361. The van der Waals surface area contributed by atoms with E-state index in [0.29, 0.717) is 5.30 Å². The zero-order chi connectivity index (χ0) is 21.7. The predicted molar refractivity (Wildman–Crippen MR) is 131 cm³/mol. The van der Waals surface area contributed by atoms with Crippen LogP contribution in [0.25, 0.3) is 0 Å². The monoisotopic (exact) mass is 486 g/mol. The molecule has 0 aromatic heterocycles. The highest BCUT2D eigenvalue weighted by atomic mass is 79.9. The number of para-hydroxylation sites is 1. The molecule has 0 bridgehead atoms. The second kappa shape index (κ2) is 9.82. The van der Waals surface area contributed by atoms with Crippen molar-refractivity contribution in [1.82, 2.24) is 0 Å². The Balaban J connectivity index is 2.12. The van der Waals surface area contributed by atoms with Crippen LogP contribution < -0.4 is 15.5 Å². The Bertz CT molecular complexity index is 990. The van der Waals surface area contributed by atoms with Crippen LogP contribution in [0.3, 0.4) is 0 Å². The van der Waals surface area contributed by atoms with Gasteiger partial charge in [-0.3, -0.25) is 4.57 Å². The zero-order valence-electron chi connectivity index (χ0n) is 17.7. The maximum atomic E-state index is 14.6. The van der Waals surface area contributed by atoms with E-state index in [4.69, 9.17) is 4.52 Å². The predicted octanol–water partition coefficient (Wildman–Crippen LogP) is 6.65. The number of nitrogens with zero attached hydrogens (tertiary/aromatic N) is 1. The highest BCUT2D eigenvalue weighted by molar-refractivity contribution is 9.10. The van der Waals surface area contributed by atoms with Gasteiger partial charge in [-0.2, -0.15) is 0 Å². The van der Waals surface area contributed by atoms with Gasteiger partial charge in [0.1, 0.15) is 5.78 Å². The summed E-state index contributed by atoms with van der Waals surface area (Å²) in [4.78, 5) is 2.02. The van der Waals surface area contributed by atoms with Crippen molar-refractivity contribution in [2.24, 2.45) is 0 Å². The molecule has 2 atom stereocenters. The summed E-state index contributed by atoms with van der Waals surface area (Å²) in [7, 11) is 0.638. The fraction of sp³-hybridized carbons (Fsp3) is 0.250. The Morgan fingerprint density at radius 3 is 2.03 bits per heavy atom. The molecule has 30 heavy (non-hydrogen) atoms. The number of hydrogen-bond acceptors (Lipinski definition) is 4. The molecule has 0 amide bonds. The van der Waals surface area contributed by atoms with Gasteiger partial charge < -0.3 is 14.7 Å². The maximum absolute atomic E-state index is 14.6. The molecule has 0 saturated heterocycles. The van der Waals surface area contributed by atoms with Gasteiger partial charge in [0.15, 0.2) is 0 Å². The maximum Gasteiger partial charge on any atom is 0.258 e. The van der Waals surface area contributed by atoms with Crippen LogP contribution in [0.1, 0.15) is 25.2 Å². The minimum atomic E-state index is -3.34. The number of halogens is 1. The summed E-state index contributed by atoms with van der Waals surface area (Å²) in [6.07, 6.45) is -0.195. The van der Waals surface area contributed by atoms with Crippen molar-refractivity contribution in [3.63, 3.8) is 0 Å². The second-order valence-electron chi connectivity index (χ2n) is 7.63. The molecular formula is C24H28BrN2O2P. The Labute approximate surface area is 187 Å². The first kappa shape index (κ1) is 22.6. The van der Waals surface area contributed by atoms with E-state index < -0.39 is 13.2 Å². The average Bonchev–Trinajstić information content (AvgIpc) is 2.73. The Kier molecular flexibility index (Phi) is 7.41. The minimum Gasteiger partial charge on any atom is -0.378 e. The van der Waals surface area contributed by atoms with E-state index in [9.17, 15) is 4.57 Å². The third-order valence-corrected chi connectivity index (χ3v) is 8.08. The fourth-order valence-corrected chi connectivity index (χ4v) is 6.13. The Hall–Kier alpha value is -2.07. The minimum absolute atomic E-state index is 0.195. The van der Waals surface area contributed by atoms with Crippen molar-refractivity contribution >= 4 is 40.0 Å². The van der Waals surface area contributed by atoms with E-state index in [-0.39, 0.29) is 6.10 Å². The molecule has 0 fully saturated rings. The van der Waals surface area contributed by atoms with E-state index >= 15 is 0 Å². The van der Waals surface area contributed by atoms with Crippen LogP contribution in [0.15, 0.2) is 83.3 Å². The molecule has 0 unspecified atom stereocenters. The lowest BCUT2D eigenvalue weighted by Crippen LogP contribution is -2.22. The molecule has 4 nitrogen and oxygen atoms in total. The fourth-order valence-electron chi connectivity index (χ4n) is 3.24. The van der Waals surface area contributed by atoms with Gasteiger partial charge in [0.25, 0.3) is 7.37 Å². The number of hydrogen-bond donors (Lipinski definition) is 1. The van der Waals surface area contributed by atoms with E-state index in [1.807, 2.05) is 112 Å². The molecule has 158 valence electrons. The first-order valence-corrected chi connectivity index (χ1v) is 12.4. The van der Waals surface area contributed by atoms with Crippen LogP contribution in [0.5, 0.6) is 0 Å². The van der Waals surface area contributed by atoms with E-state index in [0.717, 1.165) is 21.4 Å². The lowest BCUT2D eigenvalue weighted by atomic mass is 10.2. The third kappa shape index (κ3) is 5.34. The summed E-state index contributed by atoms with van der Waals surface area (Å²) in [6.45, 7) is 3.84. The molecule has 0 saturated carbocycles. The van der Waals surface area contributed by atoms with Gasteiger partial charge in [-0.15, -0.1) is 0 Å². The van der Waals surface area contributed by atoms with Crippen LogP contribution in [0, 0.1) is 0 Å². The number of benzene rings is 3. The molecule has 0 aliphatic rings. The molecule has 0 radical (unpaired) electrons. The van der Waals surface area contributed by atoms with E-state index in [2.05, 4.69) is 21.2 Å². The van der Waals surface area contributed by atoms with Gasteiger partial charge in [0, 0.05) is 35.2 Å². The largest absolute Gasteiger partial charge is 0.378 e. The summed E-state index contributed by atoms with van der Waals surface area (Å²) >= 11 is 3.49. The van der Waals surface area contributed by atoms with Gasteiger partial charge in [-0.1, -0.05) is 46.3 Å². The second-order valence-corrected chi connectivity index (χ2v) is 11.0. The molecule has 0 spiro atoms. The SMILES string of the molecule is CC(C)O[P@](=O)(c1ccc(N(C)C)cc1)[C@@H](Nc1ccccc1)c1ccc(Br)cc1. The van der Waals surface area contributed by atoms with E-state index in [1.54, 1.807) is 0 Å². The molecule has 3 aromatic rings. The standard InChI is InChI=1S/C24H28BrN2O2P/c1-18(2)29-30(28,23-16-14-22(15-17-23)27(3)4)24(19-10-12-20(25)13-11-19)26-21-8-6-5-7-9-21/h5-18,24,26H,1-4H3/t24-,30-/m1/s1. The molecule has 0 aliphatic heterocycles. The van der Waals surface area contributed by atoms with Gasteiger partial charge in [0.2, 0.25) is 0 Å². The lowest BCUT2D eigenvalue weighted by Gasteiger charge is -2.31. The van der Waals surface area contributed by atoms with Gasteiger partial charge >= 0.3 is 0 Å². The highest BCUT2D eigenvalue weighted by Crippen LogP contribution is 2.59. The average molecular weight is 487 g/mol. The van der Waals surface area contributed by atoms with Crippen LogP contribution in [0.4, 0.5) is 11.4 Å². The van der Waals surface area contributed by atoms with Crippen molar-refractivity contribution in [2.75, 3.05) is 24.3 Å². The number of nitrogens with one attached hydrogen (secondary N) is 1. The Morgan fingerprint density at radius 1 is 0.900 bits per heavy atom. The normalized spacial score (nSPS) is 14.2. The molecule has 0 aliphatic carbocycles. The van der Waals surface area contributed by atoms with Crippen LogP contribution in [0.2, 0.25) is 0 Å². The van der Waals surface area contributed by atoms with Crippen LogP contribution >= 0.6 is 23.3 Å².